The molecule has 0 saturated carbocycles. The van der Waals surface area contributed by atoms with Gasteiger partial charge in [0.25, 0.3) is 0 Å². The van der Waals surface area contributed by atoms with Crippen LogP contribution in [0.5, 0.6) is 0 Å². The molecule has 0 rings (SSSR count). The van der Waals surface area contributed by atoms with Crippen molar-refractivity contribution >= 4 is 11.9 Å². The van der Waals surface area contributed by atoms with E-state index in [1.165, 1.54) is 0 Å². The molecule has 0 fully saturated rings. The summed E-state index contributed by atoms with van der Waals surface area (Å²) in [6.45, 7) is 7.08. The highest BCUT2D eigenvalue weighted by Gasteiger charge is 2.49. The molecule has 0 aliphatic carbocycles. The molecule has 0 spiro atoms. The summed E-state index contributed by atoms with van der Waals surface area (Å²) in [6, 6.07) is 0. The van der Waals surface area contributed by atoms with Crippen LogP contribution in [0.4, 0.5) is 0 Å². The quantitative estimate of drug-likeness (QED) is 0.574. The van der Waals surface area contributed by atoms with E-state index in [0.29, 0.717) is 0 Å². The third kappa shape index (κ3) is 4.62. The molecular formula is C12H22O6. The van der Waals surface area contributed by atoms with Crippen molar-refractivity contribution < 1.29 is 29.6 Å². The number of hydrogen-bond acceptors (Lipinski definition) is 5. The first-order valence-corrected chi connectivity index (χ1v) is 5.91. The first-order valence-electron chi connectivity index (χ1n) is 5.91. The van der Waals surface area contributed by atoms with Crippen molar-refractivity contribution in [1.82, 2.24) is 0 Å². The van der Waals surface area contributed by atoms with Gasteiger partial charge in [-0.25, -0.2) is 9.59 Å². The number of carbonyl (C=O) groups is 2. The van der Waals surface area contributed by atoms with Crippen molar-refractivity contribution in [2.75, 3.05) is 6.61 Å². The van der Waals surface area contributed by atoms with Crippen LogP contribution in [0.1, 0.15) is 34.1 Å². The van der Waals surface area contributed by atoms with E-state index in [9.17, 15) is 19.8 Å². The van der Waals surface area contributed by atoms with Crippen molar-refractivity contribution in [2.45, 2.75) is 45.8 Å². The highest BCUT2D eigenvalue weighted by Crippen LogP contribution is 2.23. The number of carbonyl (C=O) groups excluding carboxylic acids is 1. The molecule has 2 unspecified atom stereocenters. The monoisotopic (exact) mass is 262 g/mol. The molecule has 2 atom stereocenters. The van der Waals surface area contributed by atoms with Gasteiger partial charge in [0.1, 0.15) is 0 Å². The van der Waals surface area contributed by atoms with Gasteiger partial charge < -0.3 is 20.1 Å². The molecule has 0 amide bonds. The third-order valence-electron chi connectivity index (χ3n) is 2.31. The Morgan fingerprint density at radius 1 is 1.17 bits per heavy atom. The van der Waals surface area contributed by atoms with Crippen LogP contribution in [0.2, 0.25) is 0 Å². The van der Waals surface area contributed by atoms with Crippen molar-refractivity contribution in [3.8, 4) is 0 Å². The smallest absolute Gasteiger partial charge is 0.341 e. The van der Waals surface area contributed by atoms with Gasteiger partial charge in [-0.15, -0.1) is 0 Å². The predicted octanol–water partition coefficient (Wildman–Crippen LogP) is 0.408. The van der Waals surface area contributed by atoms with Crippen LogP contribution in [0.25, 0.3) is 0 Å². The number of esters is 1. The van der Waals surface area contributed by atoms with Crippen LogP contribution in [-0.4, -0.2) is 45.6 Å². The van der Waals surface area contributed by atoms with Crippen LogP contribution in [0.3, 0.4) is 0 Å². The Hall–Kier alpha value is -1.14. The second-order valence-electron chi connectivity index (χ2n) is 5.26. The van der Waals surface area contributed by atoms with Crippen LogP contribution in [0, 0.1) is 11.8 Å². The minimum absolute atomic E-state index is 0.0548. The van der Waals surface area contributed by atoms with Gasteiger partial charge in [0.2, 0.25) is 0 Å². The van der Waals surface area contributed by atoms with E-state index in [0.717, 1.165) is 0 Å². The number of aliphatic hydroxyl groups excluding tert-OH is 1. The highest BCUT2D eigenvalue weighted by molar-refractivity contribution is 5.88. The molecule has 0 radical (unpaired) electrons. The van der Waals surface area contributed by atoms with Gasteiger partial charge >= 0.3 is 11.9 Å². The van der Waals surface area contributed by atoms with E-state index in [4.69, 9.17) is 9.84 Å². The molecule has 0 saturated heterocycles. The lowest BCUT2D eigenvalue weighted by atomic mass is 9.87. The zero-order valence-corrected chi connectivity index (χ0v) is 11.2. The molecule has 6 nitrogen and oxygen atoms in total. The molecule has 3 N–H and O–H groups in total. The average molecular weight is 262 g/mol. The second-order valence-corrected chi connectivity index (χ2v) is 5.26. The molecular weight excluding hydrogens is 240 g/mol. The Balaban J connectivity index is 4.96. The van der Waals surface area contributed by atoms with Gasteiger partial charge in [-0.2, -0.15) is 0 Å². The summed E-state index contributed by atoms with van der Waals surface area (Å²) in [5.74, 6) is -2.87. The number of rotatable bonds is 7. The van der Waals surface area contributed by atoms with E-state index in [-0.39, 0.29) is 24.9 Å². The molecule has 0 aromatic heterocycles. The topological polar surface area (TPSA) is 104 Å². The Kier molecular flexibility index (Phi) is 6.28. The summed E-state index contributed by atoms with van der Waals surface area (Å²) in [7, 11) is 0. The Labute approximate surface area is 107 Å². The number of aliphatic hydroxyl groups is 2. The minimum atomic E-state index is -2.41. The zero-order valence-electron chi connectivity index (χ0n) is 11.2. The van der Waals surface area contributed by atoms with Gasteiger partial charge in [-0.05, 0) is 18.3 Å². The fourth-order valence-corrected chi connectivity index (χ4v) is 1.50. The maximum atomic E-state index is 11.8. The zero-order chi connectivity index (χ0) is 14.5. The summed E-state index contributed by atoms with van der Waals surface area (Å²) >= 11 is 0. The fourth-order valence-electron chi connectivity index (χ4n) is 1.50. The van der Waals surface area contributed by atoms with Crippen molar-refractivity contribution in [3.63, 3.8) is 0 Å². The van der Waals surface area contributed by atoms with Crippen LogP contribution >= 0.6 is 0 Å². The lowest BCUT2D eigenvalue weighted by molar-refractivity contribution is -0.191. The van der Waals surface area contributed by atoms with Crippen LogP contribution in [-0.2, 0) is 14.3 Å². The number of aliphatic carboxylic acids is 1. The van der Waals surface area contributed by atoms with Crippen LogP contribution < -0.4 is 0 Å². The Morgan fingerprint density at radius 3 is 2.00 bits per heavy atom. The van der Waals surface area contributed by atoms with Gasteiger partial charge in [0.15, 0.2) is 11.7 Å². The summed E-state index contributed by atoms with van der Waals surface area (Å²) < 4.78 is 4.83. The number of carboxylic acid groups (broad SMARTS) is 1. The molecule has 106 valence electrons. The predicted molar refractivity (Wildman–Crippen MR) is 63.8 cm³/mol. The van der Waals surface area contributed by atoms with E-state index < -0.39 is 23.6 Å². The van der Waals surface area contributed by atoms with E-state index >= 15 is 0 Å². The normalized spacial score (nSPS) is 16.4. The third-order valence-corrected chi connectivity index (χ3v) is 2.31. The first-order chi connectivity index (χ1) is 8.11. The van der Waals surface area contributed by atoms with E-state index in [1.54, 1.807) is 13.8 Å². The average Bonchev–Trinajstić information content (AvgIpc) is 2.23. The van der Waals surface area contributed by atoms with Crippen molar-refractivity contribution in [2.24, 2.45) is 11.8 Å². The summed E-state index contributed by atoms with van der Waals surface area (Å²) in [5.41, 5.74) is -2.41. The van der Waals surface area contributed by atoms with E-state index in [1.807, 2.05) is 13.8 Å². The highest BCUT2D eigenvalue weighted by atomic mass is 16.6. The maximum absolute atomic E-state index is 11.8. The molecule has 0 aromatic carbocycles. The van der Waals surface area contributed by atoms with Gasteiger partial charge in [-0.3, -0.25) is 0 Å². The van der Waals surface area contributed by atoms with Crippen LogP contribution in [0.15, 0.2) is 0 Å². The molecule has 6 heteroatoms. The molecule has 0 aromatic rings. The van der Waals surface area contributed by atoms with Crippen molar-refractivity contribution in [3.05, 3.63) is 0 Å². The van der Waals surface area contributed by atoms with E-state index in [2.05, 4.69) is 0 Å². The Morgan fingerprint density at radius 2 is 1.67 bits per heavy atom. The molecule has 0 heterocycles. The number of hydrogen-bond donors (Lipinski definition) is 3. The molecule has 0 aliphatic heterocycles. The Bertz CT molecular complexity index is 299. The number of ether oxygens (including phenoxy) is 1. The largest absolute Gasteiger partial charge is 0.479 e. The van der Waals surface area contributed by atoms with Gasteiger partial charge in [-0.1, -0.05) is 27.7 Å². The lowest BCUT2D eigenvalue weighted by Crippen LogP contribution is -2.55. The first kappa shape index (κ1) is 16.9. The van der Waals surface area contributed by atoms with Crippen molar-refractivity contribution in [1.29, 1.82) is 0 Å². The SMILES string of the molecule is CC(C)COC(=O)C(O)(CC(C)C)C(O)C(=O)O. The summed E-state index contributed by atoms with van der Waals surface area (Å²) in [6.07, 6.45) is -2.38. The summed E-state index contributed by atoms with van der Waals surface area (Å²) in [5, 5.41) is 28.3. The number of carboxylic acids is 1. The fraction of sp³-hybridized carbons (Fsp3) is 0.833. The second kappa shape index (κ2) is 6.70. The van der Waals surface area contributed by atoms with Gasteiger partial charge in [0.05, 0.1) is 6.61 Å². The summed E-state index contributed by atoms with van der Waals surface area (Å²) in [4.78, 5) is 22.5. The standard InChI is InChI=1S/C12H22O6/c1-7(2)5-12(17,9(13)10(14)15)11(16)18-6-8(3)4/h7-9,13,17H,5-6H2,1-4H3,(H,14,15). The van der Waals surface area contributed by atoms with Gasteiger partial charge in [0, 0.05) is 0 Å². The maximum Gasteiger partial charge on any atom is 0.341 e. The molecule has 0 bridgehead atoms. The molecule has 18 heavy (non-hydrogen) atoms. The molecule has 0 aliphatic rings. The minimum Gasteiger partial charge on any atom is -0.479 e. The lowest BCUT2D eigenvalue weighted by Gasteiger charge is -2.30.